The first-order chi connectivity index (χ1) is 8.89. The fourth-order valence-corrected chi connectivity index (χ4v) is 10.4. The van der Waals surface area contributed by atoms with E-state index < -0.39 is 16.6 Å². The summed E-state index contributed by atoms with van der Waals surface area (Å²) >= 11 is 0. The molecule has 0 aliphatic carbocycles. The Morgan fingerprint density at radius 1 is 0.900 bits per heavy atom. The molecule has 1 aromatic carbocycles. The smallest absolute Gasteiger partial charge is 0.173 e. The van der Waals surface area contributed by atoms with Gasteiger partial charge in [0.05, 0.1) is 0 Å². The minimum atomic E-state index is -1.51. The highest BCUT2D eigenvalue weighted by Gasteiger charge is 2.29. The standard InChI is InChI=1S/C17H32OSi2/c1-17(2,3)16-11-9-15(10-12-16)13-14-20(7,8)18-19(4,5)6/h9-12H,13-14H2,1-8H3. The highest BCUT2D eigenvalue weighted by atomic mass is 28.4. The molecule has 0 fully saturated rings. The summed E-state index contributed by atoms with van der Waals surface area (Å²) in [6.07, 6.45) is 1.15. The molecule has 0 amide bonds. The van der Waals surface area contributed by atoms with Crippen LogP contribution in [0.3, 0.4) is 0 Å². The normalized spacial score (nSPS) is 13.6. The van der Waals surface area contributed by atoms with Crippen LogP contribution in [0, 0.1) is 0 Å². The van der Waals surface area contributed by atoms with Crippen LogP contribution in [0.4, 0.5) is 0 Å². The molecule has 0 heterocycles. The second-order valence-corrected chi connectivity index (χ2v) is 17.5. The molecule has 0 unspecified atom stereocenters. The molecule has 0 spiro atoms. The van der Waals surface area contributed by atoms with E-state index in [2.05, 4.69) is 77.8 Å². The van der Waals surface area contributed by atoms with Crippen molar-refractivity contribution in [2.45, 2.75) is 71.4 Å². The van der Waals surface area contributed by atoms with E-state index in [9.17, 15) is 0 Å². The molecule has 20 heavy (non-hydrogen) atoms. The maximum absolute atomic E-state index is 6.40. The van der Waals surface area contributed by atoms with Crippen LogP contribution in [0.1, 0.15) is 31.9 Å². The van der Waals surface area contributed by atoms with Gasteiger partial charge in [0.15, 0.2) is 16.6 Å². The lowest BCUT2D eigenvalue weighted by molar-refractivity contribution is 0.547. The van der Waals surface area contributed by atoms with Crippen LogP contribution < -0.4 is 0 Å². The van der Waals surface area contributed by atoms with Crippen molar-refractivity contribution < 1.29 is 4.12 Å². The van der Waals surface area contributed by atoms with Crippen LogP contribution in [0.5, 0.6) is 0 Å². The first-order valence-corrected chi connectivity index (χ1v) is 14.2. The summed E-state index contributed by atoms with van der Waals surface area (Å²) in [5.41, 5.74) is 3.10. The van der Waals surface area contributed by atoms with Crippen molar-refractivity contribution in [3.8, 4) is 0 Å². The number of hydrogen-bond acceptors (Lipinski definition) is 1. The van der Waals surface area contributed by atoms with Gasteiger partial charge in [-0.25, -0.2) is 0 Å². The Morgan fingerprint density at radius 3 is 1.80 bits per heavy atom. The van der Waals surface area contributed by atoms with Gasteiger partial charge in [0.2, 0.25) is 0 Å². The zero-order valence-electron chi connectivity index (χ0n) is 14.6. The highest BCUT2D eigenvalue weighted by Crippen LogP contribution is 2.24. The lowest BCUT2D eigenvalue weighted by Gasteiger charge is -2.31. The fraction of sp³-hybridized carbons (Fsp3) is 0.647. The zero-order valence-corrected chi connectivity index (χ0v) is 16.6. The second-order valence-electron chi connectivity index (χ2n) is 8.42. The average molecular weight is 309 g/mol. The molecule has 3 heteroatoms. The maximum Gasteiger partial charge on any atom is 0.173 e. The third kappa shape index (κ3) is 6.38. The molecule has 0 saturated carbocycles. The summed E-state index contributed by atoms with van der Waals surface area (Å²) in [5.74, 6) is 0. The van der Waals surface area contributed by atoms with Crippen LogP contribution in [0.25, 0.3) is 0 Å². The highest BCUT2D eigenvalue weighted by molar-refractivity contribution is 6.84. The predicted octanol–water partition coefficient (Wildman–Crippen LogP) is 5.58. The molecule has 0 radical (unpaired) electrons. The van der Waals surface area contributed by atoms with Crippen molar-refractivity contribution in [1.29, 1.82) is 0 Å². The van der Waals surface area contributed by atoms with Gasteiger partial charge < -0.3 is 4.12 Å². The van der Waals surface area contributed by atoms with Crippen molar-refractivity contribution in [2.24, 2.45) is 0 Å². The molecular weight excluding hydrogens is 276 g/mol. The molecule has 0 N–H and O–H groups in total. The second kappa shape index (κ2) is 6.16. The third-order valence-corrected chi connectivity index (χ3v) is 9.53. The summed E-state index contributed by atoms with van der Waals surface area (Å²) in [6.45, 7) is 18.4. The van der Waals surface area contributed by atoms with E-state index in [0.717, 1.165) is 6.42 Å². The van der Waals surface area contributed by atoms with Crippen LogP contribution in [-0.2, 0) is 16.0 Å². The van der Waals surface area contributed by atoms with E-state index in [1.807, 2.05) is 0 Å². The van der Waals surface area contributed by atoms with Crippen LogP contribution in [0.15, 0.2) is 24.3 Å². The lowest BCUT2D eigenvalue weighted by Crippen LogP contribution is -2.42. The van der Waals surface area contributed by atoms with Crippen LogP contribution >= 0.6 is 0 Å². The Balaban J connectivity index is 2.62. The largest absolute Gasteiger partial charge is 0.456 e. The van der Waals surface area contributed by atoms with Crippen molar-refractivity contribution in [1.82, 2.24) is 0 Å². The summed E-state index contributed by atoms with van der Waals surface area (Å²) in [6, 6.07) is 10.4. The number of aryl methyl sites for hydroxylation is 1. The molecule has 1 aromatic rings. The van der Waals surface area contributed by atoms with E-state index in [4.69, 9.17) is 4.12 Å². The molecule has 0 atom stereocenters. The minimum absolute atomic E-state index is 0.244. The summed E-state index contributed by atoms with van der Waals surface area (Å²) < 4.78 is 6.40. The zero-order chi connectivity index (χ0) is 15.6. The van der Waals surface area contributed by atoms with Crippen LogP contribution in [0.2, 0.25) is 38.8 Å². The van der Waals surface area contributed by atoms with Crippen LogP contribution in [-0.4, -0.2) is 16.6 Å². The molecule has 0 aliphatic rings. The van der Waals surface area contributed by atoms with Crippen molar-refractivity contribution in [3.63, 3.8) is 0 Å². The van der Waals surface area contributed by atoms with Gasteiger partial charge >= 0.3 is 0 Å². The Hall–Kier alpha value is -0.386. The number of benzene rings is 1. The predicted molar refractivity (Wildman–Crippen MR) is 95.6 cm³/mol. The van der Waals surface area contributed by atoms with Gasteiger partial charge in [-0.3, -0.25) is 0 Å². The molecule has 0 aliphatic heterocycles. The molecule has 1 nitrogen and oxygen atoms in total. The third-order valence-electron chi connectivity index (χ3n) is 3.42. The quantitative estimate of drug-likeness (QED) is 0.645. The molecule has 0 aromatic heterocycles. The van der Waals surface area contributed by atoms with E-state index in [0.29, 0.717) is 0 Å². The lowest BCUT2D eigenvalue weighted by atomic mass is 9.86. The van der Waals surface area contributed by atoms with E-state index >= 15 is 0 Å². The molecule has 1 rings (SSSR count). The SMILES string of the molecule is CC(C)(C)c1ccc(CC[Si](C)(C)O[Si](C)(C)C)cc1. The molecular formula is C17H32OSi2. The van der Waals surface area contributed by atoms with Gasteiger partial charge in [-0.2, -0.15) is 0 Å². The van der Waals surface area contributed by atoms with E-state index in [-0.39, 0.29) is 5.41 Å². The van der Waals surface area contributed by atoms with Gasteiger partial charge in [-0.15, -0.1) is 0 Å². The minimum Gasteiger partial charge on any atom is -0.456 e. The Kier molecular flexibility index (Phi) is 5.44. The summed E-state index contributed by atoms with van der Waals surface area (Å²) in [7, 11) is -2.91. The van der Waals surface area contributed by atoms with Gasteiger partial charge in [-0.05, 0) is 61.7 Å². The molecule has 114 valence electrons. The van der Waals surface area contributed by atoms with E-state index in [1.165, 1.54) is 17.2 Å². The fourth-order valence-electron chi connectivity index (χ4n) is 2.50. The Labute approximate surface area is 128 Å². The summed E-state index contributed by atoms with van der Waals surface area (Å²) in [4.78, 5) is 0. The first kappa shape index (κ1) is 17.7. The van der Waals surface area contributed by atoms with Gasteiger partial charge in [0, 0.05) is 0 Å². The van der Waals surface area contributed by atoms with Gasteiger partial charge in [0.25, 0.3) is 0 Å². The first-order valence-electron chi connectivity index (χ1n) is 7.69. The van der Waals surface area contributed by atoms with Gasteiger partial charge in [-0.1, -0.05) is 45.0 Å². The number of rotatable bonds is 5. The monoisotopic (exact) mass is 308 g/mol. The number of hydrogen-bond donors (Lipinski definition) is 0. The van der Waals surface area contributed by atoms with Crippen molar-refractivity contribution in [2.75, 3.05) is 0 Å². The van der Waals surface area contributed by atoms with Crippen molar-refractivity contribution in [3.05, 3.63) is 35.4 Å². The van der Waals surface area contributed by atoms with E-state index in [1.54, 1.807) is 0 Å². The Morgan fingerprint density at radius 2 is 1.40 bits per heavy atom. The summed E-state index contributed by atoms with van der Waals surface area (Å²) in [5, 5.41) is 0. The molecule has 0 saturated heterocycles. The topological polar surface area (TPSA) is 9.23 Å². The maximum atomic E-state index is 6.40. The molecule has 0 bridgehead atoms. The van der Waals surface area contributed by atoms with Gasteiger partial charge in [0.1, 0.15) is 0 Å². The Bertz CT molecular complexity index is 422. The average Bonchev–Trinajstić information content (AvgIpc) is 2.22. The van der Waals surface area contributed by atoms with Crippen molar-refractivity contribution >= 4 is 16.6 Å².